The molecule has 0 spiro atoms. The first kappa shape index (κ1) is 9.63. The van der Waals surface area contributed by atoms with Crippen LogP contribution in [0.4, 0.5) is 0 Å². The normalized spacial score (nSPS) is 26.8. The molecule has 12 heavy (non-hydrogen) atoms. The zero-order chi connectivity index (χ0) is 9.57. The Hall–Kier alpha value is -0.460. The maximum Gasteiger partial charge on any atom is 0.104 e. The molecule has 0 radical (unpaired) electrons. The average Bonchev–Trinajstić information content (AvgIpc) is 1.79. The maximum atomic E-state index is 5.80. The molecular weight excluding hydrogens is 148 g/mol. The van der Waals surface area contributed by atoms with E-state index in [0.29, 0.717) is 5.41 Å². The van der Waals surface area contributed by atoms with Crippen LogP contribution in [0.2, 0.25) is 0 Å². The molecular formula is C11H20O. The van der Waals surface area contributed by atoms with Gasteiger partial charge in [0.25, 0.3) is 0 Å². The van der Waals surface area contributed by atoms with Crippen LogP contribution in [-0.2, 0) is 4.74 Å². The van der Waals surface area contributed by atoms with Gasteiger partial charge in [0.05, 0.1) is 5.76 Å². The second-order valence-electron chi connectivity index (χ2n) is 5.10. The summed E-state index contributed by atoms with van der Waals surface area (Å²) in [5.41, 5.74) is 1.70. The summed E-state index contributed by atoms with van der Waals surface area (Å²) in [6, 6.07) is 0. The van der Waals surface area contributed by atoms with Gasteiger partial charge in [-0.25, -0.2) is 0 Å². The van der Waals surface area contributed by atoms with E-state index < -0.39 is 0 Å². The highest BCUT2D eigenvalue weighted by Crippen LogP contribution is 2.43. The lowest BCUT2D eigenvalue weighted by Gasteiger charge is -2.42. The Morgan fingerprint density at radius 2 is 1.58 bits per heavy atom. The maximum absolute atomic E-state index is 5.80. The van der Waals surface area contributed by atoms with Crippen LogP contribution in [0, 0.1) is 5.41 Å². The third-order valence-corrected chi connectivity index (χ3v) is 2.84. The second-order valence-corrected chi connectivity index (χ2v) is 5.10. The van der Waals surface area contributed by atoms with Gasteiger partial charge in [0.1, 0.15) is 5.60 Å². The molecule has 1 rings (SSSR count). The van der Waals surface area contributed by atoms with Gasteiger partial charge in [-0.3, -0.25) is 0 Å². The van der Waals surface area contributed by atoms with Crippen molar-refractivity contribution in [2.24, 2.45) is 5.41 Å². The molecule has 1 aliphatic heterocycles. The van der Waals surface area contributed by atoms with Crippen molar-refractivity contribution in [3.05, 3.63) is 11.3 Å². The molecule has 0 amide bonds. The Balaban J connectivity index is 3.03. The van der Waals surface area contributed by atoms with Gasteiger partial charge in [-0.2, -0.15) is 0 Å². The Morgan fingerprint density at radius 1 is 1.08 bits per heavy atom. The summed E-state index contributed by atoms with van der Waals surface area (Å²) in [6.45, 7) is 13.1. The molecule has 0 saturated heterocycles. The molecule has 0 atom stereocenters. The predicted octanol–water partition coefficient (Wildman–Crippen LogP) is 3.51. The van der Waals surface area contributed by atoms with Crippen LogP contribution in [0.3, 0.4) is 0 Å². The third kappa shape index (κ3) is 1.65. The van der Waals surface area contributed by atoms with Gasteiger partial charge in [-0.05, 0) is 45.1 Å². The zero-order valence-corrected chi connectivity index (χ0v) is 9.12. The molecule has 1 nitrogen and oxygen atoms in total. The van der Waals surface area contributed by atoms with Crippen molar-refractivity contribution in [3.8, 4) is 0 Å². The number of rotatable bonds is 0. The Labute approximate surface area is 75.8 Å². The highest BCUT2D eigenvalue weighted by atomic mass is 16.5. The summed E-state index contributed by atoms with van der Waals surface area (Å²) in [6.07, 6.45) is 1.10. The van der Waals surface area contributed by atoms with E-state index >= 15 is 0 Å². The first-order valence-electron chi connectivity index (χ1n) is 4.62. The lowest BCUT2D eigenvalue weighted by atomic mass is 9.74. The van der Waals surface area contributed by atoms with Crippen LogP contribution in [-0.4, -0.2) is 5.60 Å². The van der Waals surface area contributed by atoms with Gasteiger partial charge in [0, 0.05) is 0 Å². The van der Waals surface area contributed by atoms with E-state index in [1.807, 2.05) is 0 Å². The van der Waals surface area contributed by atoms with E-state index in [1.165, 1.54) is 5.57 Å². The Kier molecular flexibility index (Phi) is 2.02. The first-order chi connectivity index (χ1) is 5.25. The summed E-state index contributed by atoms with van der Waals surface area (Å²) in [7, 11) is 0. The molecule has 0 aliphatic carbocycles. The highest BCUT2D eigenvalue weighted by molar-refractivity contribution is 5.17. The van der Waals surface area contributed by atoms with Gasteiger partial charge < -0.3 is 4.74 Å². The van der Waals surface area contributed by atoms with E-state index in [9.17, 15) is 0 Å². The molecule has 0 N–H and O–H groups in total. The largest absolute Gasteiger partial charge is 0.493 e. The van der Waals surface area contributed by atoms with Crippen LogP contribution < -0.4 is 0 Å². The summed E-state index contributed by atoms with van der Waals surface area (Å²) in [5.74, 6) is 1.11. The molecule has 0 bridgehead atoms. The lowest BCUT2D eigenvalue weighted by molar-refractivity contribution is -0.0194. The minimum atomic E-state index is 0.00704. The molecule has 0 aromatic heterocycles. The molecule has 0 aromatic carbocycles. The predicted molar refractivity (Wildman–Crippen MR) is 51.9 cm³/mol. The van der Waals surface area contributed by atoms with Crippen molar-refractivity contribution in [2.45, 2.75) is 53.6 Å². The van der Waals surface area contributed by atoms with Gasteiger partial charge in [-0.1, -0.05) is 13.8 Å². The number of hydrogen-bond acceptors (Lipinski definition) is 1. The average molecular weight is 168 g/mol. The molecule has 70 valence electrons. The number of ether oxygens (including phenoxy) is 1. The summed E-state index contributed by atoms with van der Waals surface area (Å²) in [4.78, 5) is 0. The quantitative estimate of drug-likeness (QED) is 0.538. The molecule has 1 heterocycles. The van der Waals surface area contributed by atoms with Crippen molar-refractivity contribution >= 4 is 0 Å². The van der Waals surface area contributed by atoms with E-state index in [-0.39, 0.29) is 5.60 Å². The minimum absolute atomic E-state index is 0.00704. The fourth-order valence-corrected chi connectivity index (χ4v) is 2.20. The van der Waals surface area contributed by atoms with Crippen molar-refractivity contribution in [3.63, 3.8) is 0 Å². The fourth-order valence-electron chi connectivity index (χ4n) is 2.20. The fraction of sp³-hybridized carbons (Fsp3) is 0.818. The van der Waals surface area contributed by atoms with Crippen LogP contribution in [0.15, 0.2) is 11.3 Å². The van der Waals surface area contributed by atoms with Gasteiger partial charge in [0.2, 0.25) is 0 Å². The smallest absolute Gasteiger partial charge is 0.104 e. The summed E-state index contributed by atoms with van der Waals surface area (Å²) < 4.78 is 5.80. The molecule has 1 aliphatic rings. The second kappa shape index (κ2) is 2.51. The number of hydrogen-bond donors (Lipinski definition) is 0. The van der Waals surface area contributed by atoms with Crippen LogP contribution in [0.25, 0.3) is 0 Å². The van der Waals surface area contributed by atoms with E-state index in [2.05, 4.69) is 41.5 Å². The van der Waals surface area contributed by atoms with Crippen LogP contribution in [0.5, 0.6) is 0 Å². The molecule has 0 unspecified atom stereocenters. The van der Waals surface area contributed by atoms with Gasteiger partial charge in [0.15, 0.2) is 0 Å². The van der Waals surface area contributed by atoms with E-state index in [1.54, 1.807) is 0 Å². The molecule has 0 fully saturated rings. The summed E-state index contributed by atoms with van der Waals surface area (Å²) >= 11 is 0. The summed E-state index contributed by atoms with van der Waals surface area (Å²) in [5, 5.41) is 0. The van der Waals surface area contributed by atoms with Crippen molar-refractivity contribution in [1.82, 2.24) is 0 Å². The molecule has 0 saturated carbocycles. The zero-order valence-electron chi connectivity index (χ0n) is 9.12. The van der Waals surface area contributed by atoms with Crippen LogP contribution >= 0.6 is 0 Å². The lowest BCUT2D eigenvalue weighted by Crippen LogP contribution is -2.36. The van der Waals surface area contributed by atoms with E-state index in [0.717, 1.165) is 12.2 Å². The molecule has 0 aromatic rings. The minimum Gasteiger partial charge on any atom is -0.493 e. The molecule has 1 heteroatoms. The van der Waals surface area contributed by atoms with Crippen molar-refractivity contribution in [1.29, 1.82) is 0 Å². The van der Waals surface area contributed by atoms with Gasteiger partial charge in [-0.15, -0.1) is 0 Å². The monoisotopic (exact) mass is 168 g/mol. The standard InChI is InChI=1S/C11H20O/c1-8-9(2)12-11(5,6)7-10(8,3)4/h7H2,1-6H3. The van der Waals surface area contributed by atoms with Crippen molar-refractivity contribution < 1.29 is 4.74 Å². The number of allylic oxidation sites excluding steroid dienone is 2. The van der Waals surface area contributed by atoms with Gasteiger partial charge >= 0.3 is 0 Å². The van der Waals surface area contributed by atoms with Crippen LogP contribution in [0.1, 0.15) is 48.0 Å². The highest BCUT2D eigenvalue weighted by Gasteiger charge is 2.37. The van der Waals surface area contributed by atoms with Crippen molar-refractivity contribution in [2.75, 3.05) is 0 Å². The first-order valence-corrected chi connectivity index (χ1v) is 4.62. The SMILES string of the molecule is CC1=C(C)C(C)(C)CC(C)(C)O1. The Morgan fingerprint density at radius 3 is 2.00 bits per heavy atom. The Bertz CT molecular complexity index is 221. The van der Waals surface area contributed by atoms with E-state index in [4.69, 9.17) is 4.74 Å². The third-order valence-electron chi connectivity index (χ3n) is 2.84. The topological polar surface area (TPSA) is 9.23 Å².